The van der Waals surface area contributed by atoms with Crippen LogP contribution in [-0.2, 0) is 4.74 Å². The van der Waals surface area contributed by atoms with Crippen molar-refractivity contribution in [3.8, 4) is 23.0 Å². The third-order valence-corrected chi connectivity index (χ3v) is 5.34. The number of benzene rings is 2. The van der Waals surface area contributed by atoms with E-state index in [9.17, 15) is 30.3 Å². The van der Waals surface area contributed by atoms with Gasteiger partial charge in [-0.05, 0) is 12.1 Å². The molecule has 0 saturated carbocycles. The van der Waals surface area contributed by atoms with Gasteiger partial charge >= 0.3 is 0 Å². The molecule has 0 unspecified atom stereocenters. The van der Waals surface area contributed by atoms with Crippen molar-refractivity contribution in [1.82, 2.24) is 0 Å². The molecule has 1 saturated heterocycles. The number of aliphatic hydroxyl groups is 4. The van der Waals surface area contributed by atoms with Gasteiger partial charge in [0.05, 0.1) is 20.8 Å². The molecular weight excluding hydrogens is 428 g/mol. The monoisotopic (exact) mass is 450 g/mol. The molecule has 0 spiro atoms. The van der Waals surface area contributed by atoms with E-state index in [0.717, 1.165) is 0 Å². The fraction of sp³-hybridized carbons (Fsp3) is 0.381. The minimum Gasteiger partial charge on any atom is -0.504 e. The lowest BCUT2D eigenvalue weighted by molar-refractivity contribution is -0.277. The molecule has 1 aliphatic rings. The van der Waals surface area contributed by atoms with Crippen molar-refractivity contribution < 1.29 is 48.9 Å². The Kier molecular flexibility index (Phi) is 5.84. The number of phenolic OH excluding ortho intramolecular Hbond substituents is 1. The number of phenols is 1. The zero-order valence-corrected chi connectivity index (χ0v) is 17.1. The van der Waals surface area contributed by atoms with E-state index in [-0.39, 0.29) is 44.9 Å². The van der Waals surface area contributed by atoms with E-state index in [1.54, 1.807) is 0 Å². The van der Waals surface area contributed by atoms with Gasteiger partial charge in [-0.25, -0.2) is 0 Å². The summed E-state index contributed by atoms with van der Waals surface area (Å²) in [4.78, 5) is 13.4. The van der Waals surface area contributed by atoms with Gasteiger partial charge in [0.25, 0.3) is 0 Å². The summed E-state index contributed by atoms with van der Waals surface area (Å²) in [5, 5.41) is 49.7. The summed E-state index contributed by atoms with van der Waals surface area (Å²) >= 11 is 0. The van der Waals surface area contributed by atoms with Crippen molar-refractivity contribution in [3.05, 3.63) is 34.5 Å². The summed E-state index contributed by atoms with van der Waals surface area (Å²) in [6.45, 7) is -0.646. The first kappa shape index (κ1) is 22.1. The van der Waals surface area contributed by atoms with E-state index in [1.807, 2.05) is 0 Å². The number of methoxy groups -OCH3 is 2. The summed E-state index contributed by atoms with van der Waals surface area (Å²) in [5.41, 5.74) is -0.380. The molecule has 5 N–H and O–H groups in total. The molecule has 5 atom stereocenters. The average Bonchev–Trinajstić information content (AvgIpc) is 2.79. The molecule has 2 heterocycles. The molecule has 1 fully saturated rings. The first-order valence-electron chi connectivity index (χ1n) is 9.62. The highest BCUT2D eigenvalue weighted by Gasteiger charge is 2.45. The maximum absolute atomic E-state index is 13.4. The predicted molar refractivity (Wildman–Crippen MR) is 109 cm³/mol. The molecular formula is C21H22O11. The molecule has 1 aromatic heterocycles. The standard InChI is InChI=1S/C21H22O11/c1-28-8-5-11-14(17(25)15-10(30-11)4-3-9(23)20(15)29-2)12(6-8)31-21-19(27)18(26)16(24)13(7-22)32-21/h3-6,13,16,18-19,21-24,26-27H,7H2,1-2H3/t13-,16-,18+,19-,21-/m1/s1. The second-order valence-electron chi connectivity index (χ2n) is 7.24. The zero-order chi connectivity index (χ0) is 23.2. The normalized spacial score (nSPS) is 25.8. The van der Waals surface area contributed by atoms with Crippen LogP contribution in [-0.4, -0.2) is 77.1 Å². The van der Waals surface area contributed by atoms with Crippen LogP contribution < -0.4 is 19.6 Å². The van der Waals surface area contributed by atoms with E-state index in [1.165, 1.54) is 38.5 Å². The van der Waals surface area contributed by atoms with Crippen molar-refractivity contribution in [2.24, 2.45) is 0 Å². The van der Waals surface area contributed by atoms with E-state index in [0.29, 0.717) is 0 Å². The van der Waals surface area contributed by atoms with E-state index in [4.69, 9.17) is 23.4 Å². The lowest BCUT2D eigenvalue weighted by Gasteiger charge is -2.39. The van der Waals surface area contributed by atoms with Gasteiger partial charge in [-0.15, -0.1) is 0 Å². The smallest absolute Gasteiger partial charge is 0.229 e. The first-order chi connectivity index (χ1) is 15.3. The van der Waals surface area contributed by atoms with Gasteiger partial charge in [0.2, 0.25) is 11.7 Å². The van der Waals surface area contributed by atoms with Gasteiger partial charge in [0.1, 0.15) is 57.9 Å². The first-order valence-corrected chi connectivity index (χ1v) is 9.62. The molecule has 172 valence electrons. The summed E-state index contributed by atoms with van der Waals surface area (Å²) < 4.78 is 27.3. The van der Waals surface area contributed by atoms with Crippen LogP contribution in [0.1, 0.15) is 0 Å². The Morgan fingerprint density at radius 2 is 1.72 bits per heavy atom. The Morgan fingerprint density at radius 3 is 2.38 bits per heavy atom. The van der Waals surface area contributed by atoms with Gasteiger partial charge < -0.3 is 48.9 Å². The number of fused-ring (bicyclic) bond motifs is 2. The number of hydrogen-bond donors (Lipinski definition) is 5. The lowest BCUT2D eigenvalue weighted by Crippen LogP contribution is -2.60. The minimum absolute atomic E-state index is 0.0381. The molecule has 4 rings (SSSR count). The van der Waals surface area contributed by atoms with Crippen LogP contribution in [0.2, 0.25) is 0 Å². The van der Waals surface area contributed by atoms with Gasteiger partial charge in [-0.3, -0.25) is 4.79 Å². The van der Waals surface area contributed by atoms with Crippen molar-refractivity contribution in [3.63, 3.8) is 0 Å². The highest BCUT2D eigenvalue weighted by molar-refractivity contribution is 5.97. The lowest BCUT2D eigenvalue weighted by atomic mass is 9.99. The van der Waals surface area contributed by atoms with Gasteiger partial charge in [0.15, 0.2) is 11.5 Å². The third-order valence-electron chi connectivity index (χ3n) is 5.34. The largest absolute Gasteiger partial charge is 0.504 e. The Hall–Kier alpha value is -3.09. The molecule has 11 heteroatoms. The molecule has 0 amide bonds. The molecule has 1 aliphatic heterocycles. The van der Waals surface area contributed by atoms with E-state index in [2.05, 4.69) is 0 Å². The molecule has 11 nitrogen and oxygen atoms in total. The number of aliphatic hydroxyl groups excluding tert-OH is 4. The van der Waals surface area contributed by atoms with Crippen LogP contribution in [0.4, 0.5) is 0 Å². The third kappa shape index (κ3) is 3.49. The molecule has 2 aromatic carbocycles. The number of rotatable bonds is 5. The summed E-state index contributed by atoms with van der Waals surface area (Å²) in [7, 11) is 2.68. The predicted octanol–water partition coefficient (Wildman–Crippen LogP) is -0.152. The molecule has 3 aromatic rings. The summed E-state index contributed by atoms with van der Waals surface area (Å²) in [6, 6.07) is 5.53. The second-order valence-corrected chi connectivity index (χ2v) is 7.24. The second kappa shape index (κ2) is 8.45. The number of aromatic hydroxyl groups is 1. The van der Waals surface area contributed by atoms with Crippen LogP contribution in [0.5, 0.6) is 23.0 Å². The van der Waals surface area contributed by atoms with Crippen LogP contribution in [0, 0.1) is 0 Å². The van der Waals surface area contributed by atoms with Gasteiger partial charge in [-0.2, -0.15) is 0 Å². The molecule has 0 radical (unpaired) electrons. The van der Waals surface area contributed by atoms with Crippen LogP contribution >= 0.6 is 0 Å². The van der Waals surface area contributed by atoms with Crippen LogP contribution in [0.15, 0.2) is 33.5 Å². The topological polar surface area (TPSA) is 168 Å². The Bertz CT molecular complexity index is 1200. The Labute approximate surface area is 180 Å². The molecule has 0 aliphatic carbocycles. The fourth-order valence-electron chi connectivity index (χ4n) is 3.67. The Balaban J connectivity index is 1.91. The molecule has 0 bridgehead atoms. The number of hydrogen-bond acceptors (Lipinski definition) is 11. The van der Waals surface area contributed by atoms with Crippen molar-refractivity contribution in [2.75, 3.05) is 20.8 Å². The maximum Gasteiger partial charge on any atom is 0.229 e. The SMILES string of the molecule is COc1cc(O[C@@H]2O[C@H](CO)[C@@H](O)[C@H](O)[C@H]2O)c2c(=O)c3c(OC)c(O)ccc3oc2c1. The summed E-state index contributed by atoms with van der Waals surface area (Å²) in [6.07, 6.45) is -7.68. The van der Waals surface area contributed by atoms with Gasteiger partial charge in [-0.1, -0.05) is 0 Å². The van der Waals surface area contributed by atoms with E-state index < -0.39 is 42.7 Å². The van der Waals surface area contributed by atoms with Crippen molar-refractivity contribution in [1.29, 1.82) is 0 Å². The van der Waals surface area contributed by atoms with Crippen LogP contribution in [0.25, 0.3) is 21.9 Å². The average molecular weight is 450 g/mol. The highest BCUT2D eigenvalue weighted by atomic mass is 16.7. The van der Waals surface area contributed by atoms with Crippen molar-refractivity contribution >= 4 is 21.9 Å². The van der Waals surface area contributed by atoms with Crippen molar-refractivity contribution in [2.45, 2.75) is 30.7 Å². The maximum atomic E-state index is 13.4. The minimum atomic E-state index is -1.69. The van der Waals surface area contributed by atoms with Crippen LogP contribution in [0.3, 0.4) is 0 Å². The number of ether oxygens (including phenoxy) is 4. The summed E-state index contributed by atoms with van der Waals surface area (Å²) in [5.74, 6) is -0.223. The Morgan fingerprint density at radius 1 is 0.969 bits per heavy atom. The molecule has 32 heavy (non-hydrogen) atoms. The highest BCUT2D eigenvalue weighted by Crippen LogP contribution is 2.38. The zero-order valence-electron chi connectivity index (χ0n) is 17.1. The van der Waals surface area contributed by atoms with E-state index >= 15 is 0 Å². The quantitative estimate of drug-likeness (QED) is 0.328. The van der Waals surface area contributed by atoms with Gasteiger partial charge in [0, 0.05) is 12.1 Å². The fourth-order valence-corrected chi connectivity index (χ4v) is 3.67.